The van der Waals surface area contributed by atoms with Gasteiger partial charge in [0.25, 0.3) is 0 Å². The third-order valence-corrected chi connectivity index (χ3v) is 39.8. The van der Waals surface area contributed by atoms with Gasteiger partial charge in [-0.05, 0) is 0 Å². The summed E-state index contributed by atoms with van der Waals surface area (Å²) in [7, 11) is 12.4. The first-order valence-corrected chi connectivity index (χ1v) is 58.7. The maximum atomic E-state index is 6.21. The Kier molecular flexibility index (Phi) is 123. The Hall–Kier alpha value is 5.15. The van der Waals surface area contributed by atoms with Gasteiger partial charge in [0.15, 0.2) is 0 Å². The van der Waals surface area contributed by atoms with Crippen LogP contribution in [0, 0.1) is 0 Å². The van der Waals surface area contributed by atoms with E-state index in [2.05, 4.69) is 96.9 Å². The van der Waals surface area contributed by atoms with Crippen LogP contribution in [0.15, 0.2) is 0 Å². The van der Waals surface area contributed by atoms with Crippen LogP contribution in [0.3, 0.4) is 0 Å². The topological polar surface area (TPSA) is 0 Å². The summed E-state index contributed by atoms with van der Waals surface area (Å²) in [4.78, 5) is 0. The van der Waals surface area contributed by atoms with Crippen LogP contribution in [-0.2, 0) is 0 Å². The van der Waals surface area contributed by atoms with E-state index in [0.717, 1.165) is 0 Å². The molecule has 0 bridgehead atoms. The van der Waals surface area contributed by atoms with Crippen molar-refractivity contribution >= 4 is 141 Å². The van der Waals surface area contributed by atoms with Gasteiger partial charge in [-0.25, -0.2) is 0 Å². The molecule has 0 saturated carbocycles. The van der Waals surface area contributed by atoms with Crippen molar-refractivity contribution in [3.63, 3.8) is 0 Å². The molecule has 12 radical (unpaired) electrons. The molecule has 392 valence electrons. The van der Waals surface area contributed by atoms with Crippen LogP contribution in [0.4, 0.5) is 0 Å². The first-order valence-electron chi connectivity index (χ1n) is 29.2. The molecule has 0 aliphatic carbocycles. The van der Waals surface area contributed by atoms with Gasteiger partial charge < -0.3 is 0 Å². The van der Waals surface area contributed by atoms with E-state index in [1.165, 1.54) is 201 Å². The van der Waals surface area contributed by atoms with Crippen LogP contribution in [-0.4, -0.2) is 121 Å². The summed E-state index contributed by atoms with van der Waals surface area (Å²) < 4.78 is 9.75. The summed E-state index contributed by atoms with van der Waals surface area (Å²) in [6.07, 6.45) is 39.8. The van der Waals surface area contributed by atoms with E-state index in [4.69, 9.17) is 20.0 Å². The van der Waals surface area contributed by atoms with Gasteiger partial charge in [-0.15, -0.1) is 0 Å². The summed E-state index contributed by atoms with van der Waals surface area (Å²) in [6.45, 7) is 31.8. The molecule has 0 aliphatic rings. The summed E-state index contributed by atoms with van der Waals surface area (Å²) in [5.41, 5.74) is 0. The minimum atomic E-state index is -1.01. The standard InChI is InChI=1S/2C8H18ClGe.2C8H18Ge.6C4H9.3Sn/c2*1-3-5-7-10(9)8-6-4-2;2*1-3-5-7-9-8-6-4-2;6*1-3-4-2;;;/h2*3-8H2,1-2H3;2*3-8H2,1-2H3;6*1,3-4H2,2H3;;;. The van der Waals surface area contributed by atoms with Crippen molar-refractivity contribution in [3.05, 3.63) is 0 Å². The molecule has 0 atom stereocenters. The summed E-state index contributed by atoms with van der Waals surface area (Å²) in [5, 5.41) is 11.8. The van der Waals surface area contributed by atoms with Crippen molar-refractivity contribution in [2.75, 3.05) is 0 Å². The second kappa shape index (κ2) is 95.0. The van der Waals surface area contributed by atoms with Crippen LogP contribution in [0.25, 0.3) is 0 Å². The first-order chi connectivity index (χ1) is 31.7. The Labute approximate surface area is 480 Å². The van der Waals surface area contributed by atoms with Crippen LogP contribution in [0.5, 0.6) is 0 Å². The van der Waals surface area contributed by atoms with E-state index in [1.807, 2.05) is 0 Å². The van der Waals surface area contributed by atoms with Gasteiger partial charge in [0.2, 0.25) is 0 Å². The molecular weight excluding hydrogens is 1390 g/mol. The van der Waals surface area contributed by atoms with E-state index < -0.39 is 26.8 Å². The van der Waals surface area contributed by atoms with Crippen molar-refractivity contribution < 1.29 is 0 Å². The zero-order valence-corrected chi connectivity index (χ0v) is 66.4. The van der Waals surface area contributed by atoms with Gasteiger partial charge in [-0.3, -0.25) is 0 Å². The molecule has 0 aromatic carbocycles. The van der Waals surface area contributed by atoms with Gasteiger partial charge in [0.05, 0.1) is 0 Å². The summed E-state index contributed by atoms with van der Waals surface area (Å²) in [6, 6.07) is 0. The van der Waals surface area contributed by atoms with Crippen molar-refractivity contribution in [3.8, 4) is 0 Å². The number of hydrogen-bond acceptors (Lipinski definition) is 0. The molecule has 0 fully saturated rings. The molecular formula is C56H126Cl2Ge4Sn3. The third kappa shape index (κ3) is 119. The molecule has 0 heterocycles. The molecule has 0 saturated heterocycles. The SMILES string of the molecule is CCC[CH2][Ge]([Cl])[CH2]CCC.CCC[CH2][Ge]([Cl])[CH2]CCC.CCC[CH2][Ge][CH2]CCC.CCC[CH2][Ge][CH2]CCC.CCC[CH2][Sn][CH2]CCC.CCC[CH2][Sn][CH2]CCC.CCC[CH2][Sn][CH2]CCC. The normalized spacial score (nSPS) is 10.2. The van der Waals surface area contributed by atoms with Gasteiger partial charge in [0.1, 0.15) is 0 Å². The van der Waals surface area contributed by atoms with Gasteiger partial charge >= 0.3 is 487 Å². The Bertz CT molecular complexity index is 513. The summed E-state index contributed by atoms with van der Waals surface area (Å²) in [5.74, 6) is 0. The first kappa shape index (κ1) is 84.1. The van der Waals surface area contributed by atoms with E-state index in [9.17, 15) is 0 Å². The molecule has 0 unspecified atom stereocenters. The molecule has 0 aliphatic heterocycles. The van der Waals surface area contributed by atoms with Crippen LogP contribution >= 0.6 is 20.0 Å². The minimum absolute atomic E-state index is 0.149. The fourth-order valence-corrected chi connectivity index (χ4v) is 34.0. The molecule has 0 amide bonds. The van der Waals surface area contributed by atoms with E-state index in [-0.39, 0.29) is 63.4 Å². The van der Waals surface area contributed by atoms with Crippen molar-refractivity contribution in [2.24, 2.45) is 0 Å². The van der Waals surface area contributed by atoms with Crippen LogP contribution in [0.2, 0.25) is 68.6 Å². The summed E-state index contributed by atoms with van der Waals surface area (Å²) >= 11 is -0.573. The molecule has 0 nitrogen and oxygen atoms in total. The Morgan fingerprint density at radius 2 is 0.400 bits per heavy atom. The molecule has 0 aromatic heterocycles. The monoisotopic (exact) mass is 1520 g/mol. The van der Waals surface area contributed by atoms with Crippen LogP contribution in [0.1, 0.15) is 277 Å². The van der Waals surface area contributed by atoms with E-state index in [1.54, 1.807) is 47.6 Å². The second-order valence-electron chi connectivity index (χ2n) is 17.7. The number of halogens is 2. The third-order valence-electron chi connectivity index (χ3n) is 10.3. The predicted octanol–water partition coefficient (Wildman–Crippen LogP) is 23.3. The molecule has 9 heteroatoms. The number of hydrogen-bond donors (Lipinski definition) is 0. The number of rotatable bonds is 42. The second-order valence-corrected chi connectivity index (χ2v) is 51.0. The number of unbranched alkanes of at least 4 members (excludes halogenated alkanes) is 14. The van der Waals surface area contributed by atoms with E-state index in [0.29, 0.717) is 30.9 Å². The van der Waals surface area contributed by atoms with Crippen molar-refractivity contribution in [1.29, 1.82) is 0 Å². The average molecular weight is 1520 g/mol. The van der Waals surface area contributed by atoms with Crippen molar-refractivity contribution in [1.82, 2.24) is 0 Å². The molecule has 0 aromatic rings. The maximum absolute atomic E-state index is 6.21. The Morgan fingerprint density at radius 3 is 0.538 bits per heavy atom. The molecule has 0 N–H and O–H groups in total. The molecule has 0 spiro atoms. The molecule has 0 rings (SSSR count). The fourth-order valence-electron chi connectivity index (χ4n) is 5.37. The van der Waals surface area contributed by atoms with Crippen molar-refractivity contribution in [2.45, 2.75) is 345 Å². The Morgan fingerprint density at radius 1 is 0.246 bits per heavy atom. The fraction of sp³-hybridized carbons (Fsp3) is 1.00. The molecule has 65 heavy (non-hydrogen) atoms. The average Bonchev–Trinajstić information content (AvgIpc) is 3.32. The zero-order valence-electron chi connectivity index (χ0n) is 48.0. The predicted molar refractivity (Wildman–Crippen MR) is 328 cm³/mol. The van der Waals surface area contributed by atoms with E-state index >= 15 is 0 Å². The quantitative estimate of drug-likeness (QED) is 0.0422. The zero-order chi connectivity index (χ0) is 50.4. The van der Waals surface area contributed by atoms with Crippen LogP contribution < -0.4 is 0 Å². The van der Waals surface area contributed by atoms with Gasteiger partial charge in [0, 0.05) is 0 Å². The Balaban J connectivity index is -0.000000121. The van der Waals surface area contributed by atoms with Gasteiger partial charge in [-0.2, -0.15) is 0 Å². The van der Waals surface area contributed by atoms with Gasteiger partial charge in [-0.1, -0.05) is 0 Å².